The summed E-state index contributed by atoms with van der Waals surface area (Å²) in [6.07, 6.45) is 2.91. The quantitative estimate of drug-likeness (QED) is 0.728. The van der Waals surface area contributed by atoms with Gasteiger partial charge in [0.2, 0.25) is 0 Å². The number of hydrogen-bond donors (Lipinski definition) is 1. The van der Waals surface area contributed by atoms with Gasteiger partial charge in [-0.3, -0.25) is 0 Å². The molecule has 0 radical (unpaired) electrons. The van der Waals surface area contributed by atoms with Crippen molar-refractivity contribution in [2.75, 3.05) is 13.2 Å². The van der Waals surface area contributed by atoms with Crippen molar-refractivity contribution in [2.45, 2.75) is 33.1 Å². The van der Waals surface area contributed by atoms with Crippen molar-refractivity contribution in [3.63, 3.8) is 0 Å². The first-order chi connectivity index (χ1) is 7.22. The average Bonchev–Trinajstić information content (AvgIpc) is 2.16. The van der Waals surface area contributed by atoms with E-state index in [1.807, 2.05) is 0 Å². The summed E-state index contributed by atoms with van der Waals surface area (Å²) in [7, 11) is 0. The minimum absolute atomic E-state index is 0.281. The van der Waals surface area contributed by atoms with Crippen LogP contribution in [0.5, 0.6) is 5.75 Å². The Morgan fingerprint density at radius 3 is 2.27 bits per heavy atom. The van der Waals surface area contributed by atoms with Crippen LogP contribution in [0, 0.1) is 13.8 Å². The lowest BCUT2D eigenvalue weighted by Gasteiger charge is -2.07. The fraction of sp³-hybridized carbons (Fsp3) is 0.538. The molecular formula is C13H20O2. The van der Waals surface area contributed by atoms with Crippen molar-refractivity contribution in [1.29, 1.82) is 0 Å². The standard InChI is InChI=1S/C13H20O2/c1-11-8-12(2)10-13(9-11)15-7-5-3-4-6-14/h8-10,14H,3-7H2,1-2H3. The Labute approximate surface area is 91.9 Å². The third kappa shape index (κ3) is 4.84. The summed E-state index contributed by atoms with van der Waals surface area (Å²) >= 11 is 0. The minimum Gasteiger partial charge on any atom is -0.494 e. The monoisotopic (exact) mass is 208 g/mol. The first kappa shape index (κ1) is 12.1. The van der Waals surface area contributed by atoms with E-state index in [0.29, 0.717) is 0 Å². The van der Waals surface area contributed by atoms with Crippen molar-refractivity contribution in [2.24, 2.45) is 0 Å². The van der Waals surface area contributed by atoms with E-state index in [1.54, 1.807) is 0 Å². The van der Waals surface area contributed by atoms with Crippen LogP contribution in [0.4, 0.5) is 0 Å². The number of aliphatic hydroxyl groups is 1. The summed E-state index contributed by atoms with van der Waals surface area (Å²) in [6, 6.07) is 6.25. The molecule has 0 aliphatic heterocycles. The van der Waals surface area contributed by atoms with E-state index in [9.17, 15) is 0 Å². The molecule has 0 aliphatic rings. The molecule has 0 saturated carbocycles. The third-order valence-corrected chi connectivity index (χ3v) is 2.27. The predicted molar refractivity (Wildman–Crippen MR) is 62.3 cm³/mol. The lowest BCUT2D eigenvalue weighted by atomic mass is 10.1. The maximum atomic E-state index is 8.61. The van der Waals surface area contributed by atoms with Gasteiger partial charge in [0.25, 0.3) is 0 Å². The Balaban J connectivity index is 2.31. The van der Waals surface area contributed by atoms with Gasteiger partial charge in [0, 0.05) is 6.61 Å². The molecule has 0 aliphatic carbocycles. The molecule has 0 saturated heterocycles. The van der Waals surface area contributed by atoms with Gasteiger partial charge in [-0.1, -0.05) is 6.07 Å². The second-order valence-corrected chi connectivity index (χ2v) is 3.96. The topological polar surface area (TPSA) is 29.5 Å². The molecule has 2 heteroatoms. The Bertz CT molecular complexity index is 274. The third-order valence-electron chi connectivity index (χ3n) is 2.27. The van der Waals surface area contributed by atoms with Gasteiger partial charge in [0.15, 0.2) is 0 Å². The molecule has 2 nitrogen and oxygen atoms in total. The fourth-order valence-electron chi connectivity index (χ4n) is 1.60. The molecule has 1 aromatic rings. The number of rotatable bonds is 6. The van der Waals surface area contributed by atoms with Gasteiger partial charge in [-0.25, -0.2) is 0 Å². The van der Waals surface area contributed by atoms with Gasteiger partial charge in [-0.05, 0) is 56.4 Å². The van der Waals surface area contributed by atoms with Crippen molar-refractivity contribution >= 4 is 0 Å². The summed E-state index contributed by atoms with van der Waals surface area (Å²) < 4.78 is 5.63. The van der Waals surface area contributed by atoms with E-state index in [1.165, 1.54) is 11.1 Å². The second kappa shape index (κ2) is 6.46. The average molecular weight is 208 g/mol. The maximum Gasteiger partial charge on any atom is 0.119 e. The van der Waals surface area contributed by atoms with E-state index in [4.69, 9.17) is 9.84 Å². The molecule has 0 atom stereocenters. The Hall–Kier alpha value is -1.02. The summed E-state index contributed by atoms with van der Waals surface area (Å²) in [5, 5.41) is 8.61. The zero-order chi connectivity index (χ0) is 11.1. The minimum atomic E-state index is 0.281. The first-order valence-corrected chi connectivity index (χ1v) is 5.54. The number of hydrogen-bond acceptors (Lipinski definition) is 2. The van der Waals surface area contributed by atoms with Crippen LogP contribution in [0.15, 0.2) is 18.2 Å². The molecule has 0 aromatic heterocycles. The molecule has 0 amide bonds. The lowest BCUT2D eigenvalue weighted by molar-refractivity contribution is 0.266. The van der Waals surface area contributed by atoms with E-state index in [-0.39, 0.29) is 6.61 Å². The van der Waals surface area contributed by atoms with Gasteiger partial charge in [0.05, 0.1) is 6.61 Å². The first-order valence-electron chi connectivity index (χ1n) is 5.54. The van der Waals surface area contributed by atoms with Gasteiger partial charge >= 0.3 is 0 Å². The van der Waals surface area contributed by atoms with Crippen LogP contribution in [0.1, 0.15) is 30.4 Å². The van der Waals surface area contributed by atoms with Gasteiger partial charge in [-0.15, -0.1) is 0 Å². The zero-order valence-corrected chi connectivity index (χ0v) is 9.62. The molecule has 1 N–H and O–H groups in total. The molecule has 1 rings (SSSR count). The lowest BCUT2D eigenvalue weighted by Crippen LogP contribution is -1.98. The molecule has 1 aromatic carbocycles. The fourth-order valence-corrected chi connectivity index (χ4v) is 1.60. The van der Waals surface area contributed by atoms with E-state index >= 15 is 0 Å². The summed E-state index contributed by atoms with van der Waals surface area (Å²) in [4.78, 5) is 0. The van der Waals surface area contributed by atoms with Crippen LogP contribution in [-0.2, 0) is 0 Å². The zero-order valence-electron chi connectivity index (χ0n) is 9.62. The van der Waals surface area contributed by atoms with Crippen molar-refractivity contribution < 1.29 is 9.84 Å². The smallest absolute Gasteiger partial charge is 0.119 e. The number of unbranched alkanes of at least 4 members (excludes halogenated alkanes) is 2. The summed E-state index contributed by atoms with van der Waals surface area (Å²) in [6.45, 7) is 5.17. The molecular weight excluding hydrogens is 188 g/mol. The van der Waals surface area contributed by atoms with E-state index < -0.39 is 0 Å². The van der Waals surface area contributed by atoms with Crippen molar-refractivity contribution in [1.82, 2.24) is 0 Å². The van der Waals surface area contributed by atoms with Gasteiger partial charge in [-0.2, -0.15) is 0 Å². The van der Waals surface area contributed by atoms with Crippen molar-refractivity contribution in [3.8, 4) is 5.75 Å². The highest BCUT2D eigenvalue weighted by atomic mass is 16.5. The number of aliphatic hydroxyl groups excluding tert-OH is 1. The molecule has 0 unspecified atom stereocenters. The Morgan fingerprint density at radius 2 is 1.67 bits per heavy atom. The molecule has 0 heterocycles. The van der Waals surface area contributed by atoms with Crippen LogP contribution in [0.2, 0.25) is 0 Å². The van der Waals surface area contributed by atoms with Crippen molar-refractivity contribution in [3.05, 3.63) is 29.3 Å². The molecule has 84 valence electrons. The number of ether oxygens (including phenoxy) is 1. The largest absolute Gasteiger partial charge is 0.494 e. The number of aryl methyl sites for hydroxylation is 2. The van der Waals surface area contributed by atoms with E-state index in [0.717, 1.165) is 31.6 Å². The van der Waals surface area contributed by atoms with Crippen LogP contribution in [0.3, 0.4) is 0 Å². The molecule has 0 spiro atoms. The van der Waals surface area contributed by atoms with Crippen LogP contribution < -0.4 is 4.74 Å². The molecule has 15 heavy (non-hydrogen) atoms. The molecule has 0 bridgehead atoms. The number of benzene rings is 1. The van der Waals surface area contributed by atoms with Gasteiger partial charge < -0.3 is 9.84 Å². The van der Waals surface area contributed by atoms with Crippen LogP contribution in [0.25, 0.3) is 0 Å². The second-order valence-electron chi connectivity index (χ2n) is 3.96. The summed E-state index contributed by atoms with van der Waals surface area (Å²) in [5.74, 6) is 0.955. The van der Waals surface area contributed by atoms with Crippen LogP contribution >= 0.6 is 0 Å². The normalized spacial score (nSPS) is 10.3. The molecule has 0 fully saturated rings. The highest BCUT2D eigenvalue weighted by Crippen LogP contribution is 2.16. The highest BCUT2D eigenvalue weighted by Gasteiger charge is 1.96. The Kier molecular flexibility index (Phi) is 5.19. The van der Waals surface area contributed by atoms with Crippen LogP contribution in [-0.4, -0.2) is 18.3 Å². The predicted octanol–water partition coefficient (Wildman–Crippen LogP) is 2.84. The summed E-state index contributed by atoms with van der Waals surface area (Å²) in [5.41, 5.74) is 2.47. The maximum absolute atomic E-state index is 8.61. The van der Waals surface area contributed by atoms with Gasteiger partial charge in [0.1, 0.15) is 5.75 Å². The van der Waals surface area contributed by atoms with E-state index in [2.05, 4.69) is 32.0 Å². The SMILES string of the molecule is Cc1cc(C)cc(OCCCCCO)c1. The Morgan fingerprint density at radius 1 is 1.00 bits per heavy atom. The highest BCUT2D eigenvalue weighted by molar-refractivity contribution is 5.32.